The summed E-state index contributed by atoms with van der Waals surface area (Å²) in [6.45, 7) is 7.43. The van der Waals surface area contributed by atoms with E-state index in [0.29, 0.717) is 34.1 Å². The summed E-state index contributed by atoms with van der Waals surface area (Å²) in [5, 5.41) is 62.7. The van der Waals surface area contributed by atoms with Crippen LogP contribution in [-0.4, -0.2) is 187 Å². The molecule has 6 rings (SSSR count). The maximum atomic E-state index is 14.7. The molecule has 29 heteroatoms. The standard InChI is InChI=1S/C58H81N15O14/c1-31(2)22-40(49(78)66-39(12-8-20-62-57(59)60)55(84)73-21-9-13-46(73)56(85)86)67-54(83)45(29-87-58(3,4)5)72-50(79)41(23-32-14-16-35(75)17-15-32)68-53(82)44(28-74)71-51(80)42(24-33-26-63-37-11-7-6-10-36(33)37)69-52(81)43(25-34-27-61-30-64-34)70-48(77)38-18-19-47(76)65-38/h6-7,10-11,14-17,26-27,30-31,38-46,63,74-75H,8-9,12-13,18-25,28-29H2,1-5H3,(H,61,64)(H,65,76)(H,66,78)(H,67,83)(H,68,82)(H,69,81)(H,70,77)(H,71,80)(H,72,79)(H,85,86)(H4,59,60,62)/t38-,39-,40-,41-,42-,43-,44-,45+,46-/m0/s1. The number of likely N-dealkylation sites (tertiary alicyclic amines) is 1. The largest absolute Gasteiger partial charge is 0.508 e. The van der Waals surface area contributed by atoms with E-state index in [-0.39, 0.29) is 94.4 Å². The third-order valence-corrected chi connectivity index (χ3v) is 14.5. The Balaban J connectivity index is 1.24. The molecule has 0 spiro atoms. The number of phenolic OH excluding ortho intramolecular Hbond substituents is 1. The van der Waals surface area contributed by atoms with Crippen LogP contribution in [0.15, 0.2) is 67.3 Å². The number of para-hydroxylation sites is 1. The van der Waals surface area contributed by atoms with Crippen LogP contribution >= 0.6 is 0 Å². The van der Waals surface area contributed by atoms with Gasteiger partial charge in [-0.2, -0.15) is 0 Å². The van der Waals surface area contributed by atoms with E-state index in [4.69, 9.17) is 15.9 Å². The highest BCUT2D eigenvalue weighted by Crippen LogP contribution is 2.22. The summed E-state index contributed by atoms with van der Waals surface area (Å²) in [6.07, 6.45) is 5.08. The number of rotatable bonds is 31. The number of hydrogen-bond donors (Lipinski definition) is 16. The summed E-state index contributed by atoms with van der Waals surface area (Å²) in [7, 11) is 0. The number of aliphatic hydroxyl groups is 1. The Hall–Kier alpha value is -9.12. The van der Waals surface area contributed by atoms with Gasteiger partial charge in [-0.1, -0.05) is 44.2 Å². The van der Waals surface area contributed by atoms with E-state index >= 15 is 0 Å². The van der Waals surface area contributed by atoms with Crippen LogP contribution < -0.4 is 53.6 Å². The Bertz CT molecular complexity index is 3070. The fourth-order valence-corrected chi connectivity index (χ4v) is 10.0. The van der Waals surface area contributed by atoms with Crippen molar-refractivity contribution in [3.8, 4) is 5.75 Å². The summed E-state index contributed by atoms with van der Waals surface area (Å²) in [5.74, 6) is -9.08. The molecule has 0 radical (unpaired) electrons. The minimum absolute atomic E-state index is 0.00385. The van der Waals surface area contributed by atoms with E-state index in [1.54, 1.807) is 65.1 Å². The number of carbonyl (C=O) groups is 10. The molecule has 472 valence electrons. The van der Waals surface area contributed by atoms with Gasteiger partial charge < -0.3 is 88.5 Å². The Morgan fingerprint density at radius 1 is 0.770 bits per heavy atom. The molecule has 2 aromatic carbocycles. The van der Waals surface area contributed by atoms with Crippen LogP contribution in [0.4, 0.5) is 0 Å². The normalized spacial score (nSPS) is 17.3. The molecule has 87 heavy (non-hydrogen) atoms. The van der Waals surface area contributed by atoms with Gasteiger partial charge in [-0.05, 0) is 94.5 Å². The van der Waals surface area contributed by atoms with Gasteiger partial charge in [0, 0.05) is 62.1 Å². The van der Waals surface area contributed by atoms with E-state index in [1.165, 1.54) is 41.7 Å². The number of aromatic amines is 2. The number of nitrogens with one attached hydrogen (secondary N) is 12. The lowest BCUT2D eigenvalue weighted by Gasteiger charge is -2.30. The van der Waals surface area contributed by atoms with Crippen molar-refractivity contribution in [2.45, 2.75) is 159 Å². The van der Waals surface area contributed by atoms with Crippen LogP contribution in [0, 0.1) is 11.3 Å². The monoisotopic (exact) mass is 1210 g/mol. The highest BCUT2D eigenvalue weighted by Gasteiger charge is 2.40. The number of carboxylic acids is 1. The molecule has 2 aliphatic rings. The second kappa shape index (κ2) is 31.3. The van der Waals surface area contributed by atoms with Crippen molar-refractivity contribution in [1.82, 2.24) is 67.7 Å². The first kappa shape index (κ1) is 67.0. The number of aromatic nitrogens is 3. The van der Waals surface area contributed by atoms with Crippen LogP contribution in [0.3, 0.4) is 0 Å². The van der Waals surface area contributed by atoms with Crippen molar-refractivity contribution in [2.24, 2.45) is 11.7 Å². The van der Waals surface area contributed by atoms with Crippen LogP contribution in [0.5, 0.6) is 5.75 Å². The van der Waals surface area contributed by atoms with Crippen molar-refractivity contribution in [3.05, 3.63) is 84.1 Å². The van der Waals surface area contributed by atoms with Crippen molar-refractivity contribution < 1.29 is 68.0 Å². The number of amides is 9. The summed E-state index contributed by atoms with van der Waals surface area (Å²) in [5.41, 5.74) is 6.60. The molecule has 4 heterocycles. The molecule has 0 unspecified atom stereocenters. The summed E-state index contributed by atoms with van der Waals surface area (Å²) in [6, 6.07) is 0.388. The molecule has 2 fully saturated rings. The van der Waals surface area contributed by atoms with Gasteiger partial charge in [-0.25, -0.2) is 9.78 Å². The number of phenols is 1. The molecule has 0 aliphatic carbocycles. The lowest BCUT2D eigenvalue weighted by molar-refractivity contribution is -0.149. The number of fused-ring (bicyclic) bond motifs is 1. The molecule has 2 aromatic heterocycles. The zero-order valence-electron chi connectivity index (χ0n) is 49.3. The van der Waals surface area contributed by atoms with Gasteiger partial charge in [0.15, 0.2) is 5.96 Å². The zero-order valence-corrected chi connectivity index (χ0v) is 49.3. The van der Waals surface area contributed by atoms with Crippen LogP contribution in [-0.2, 0) is 71.9 Å². The van der Waals surface area contributed by atoms with Gasteiger partial charge in [-0.3, -0.25) is 48.6 Å². The third kappa shape index (κ3) is 20.3. The number of aliphatic carboxylic acids is 1. The van der Waals surface area contributed by atoms with Crippen molar-refractivity contribution in [2.75, 3.05) is 26.3 Å². The first-order valence-corrected chi connectivity index (χ1v) is 28.9. The van der Waals surface area contributed by atoms with Crippen molar-refractivity contribution in [1.29, 1.82) is 5.41 Å². The number of benzene rings is 2. The molecule has 17 N–H and O–H groups in total. The average molecular weight is 1210 g/mol. The highest BCUT2D eigenvalue weighted by atomic mass is 16.5. The number of H-pyrrole nitrogens is 2. The quantitative estimate of drug-likeness (QED) is 0.0155. The number of nitrogens with two attached hydrogens (primary N) is 1. The molecule has 0 saturated carbocycles. The first-order valence-electron chi connectivity index (χ1n) is 28.9. The lowest BCUT2D eigenvalue weighted by Crippen LogP contribution is -2.62. The van der Waals surface area contributed by atoms with Crippen molar-refractivity contribution >= 4 is 76.0 Å². The second-order valence-electron chi connectivity index (χ2n) is 23.0. The summed E-state index contributed by atoms with van der Waals surface area (Å²) in [4.78, 5) is 150. The van der Waals surface area contributed by atoms with Crippen LogP contribution in [0.1, 0.15) is 96.4 Å². The third-order valence-electron chi connectivity index (χ3n) is 14.5. The maximum absolute atomic E-state index is 14.7. The molecule has 2 aliphatic heterocycles. The lowest BCUT2D eigenvalue weighted by atomic mass is 10.0. The predicted octanol–water partition coefficient (Wildman–Crippen LogP) is -1.51. The van der Waals surface area contributed by atoms with E-state index in [9.17, 15) is 63.3 Å². The Morgan fingerprint density at radius 2 is 1.37 bits per heavy atom. The minimum Gasteiger partial charge on any atom is -0.508 e. The van der Waals surface area contributed by atoms with E-state index in [0.717, 1.165) is 0 Å². The molecular formula is C58H81N15O14. The zero-order chi connectivity index (χ0) is 63.5. The second-order valence-corrected chi connectivity index (χ2v) is 23.0. The summed E-state index contributed by atoms with van der Waals surface area (Å²) >= 11 is 0. The van der Waals surface area contributed by atoms with Gasteiger partial charge in [0.05, 0.1) is 30.8 Å². The first-order chi connectivity index (χ1) is 41.3. The van der Waals surface area contributed by atoms with E-state index in [2.05, 4.69) is 62.8 Å². The van der Waals surface area contributed by atoms with Gasteiger partial charge in [0.2, 0.25) is 53.2 Å². The van der Waals surface area contributed by atoms with Crippen LogP contribution in [0.25, 0.3) is 10.9 Å². The minimum atomic E-state index is -1.79. The average Bonchev–Trinajstić information content (AvgIpc) is 2.47. The van der Waals surface area contributed by atoms with Crippen LogP contribution in [0.2, 0.25) is 0 Å². The number of ether oxygens (including phenoxy) is 1. The van der Waals surface area contributed by atoms with Gasteiger partial charge in [0.1, 0.15) is 60.1 Å². The fraction of sp³-hybridized carbons (Fsp3) is 0.517. The smallest absolute Gasteiger partial charge is 0.326 e. The summed E-state index contributed by atoms with van der Waals surface area (Å²) < 4.78 is 6.01. The molecule has 4 aromatic rings. The topological polar surface area (TPSA) is 446 Å². The fourth-order valence-electron chi connectivity index (χ4n) is 10.0. The number of carboxylic acid groups (broad SMARTS) is 1. The molecule has 0 bridgehead atoms. The number of hydrogen-bond acceptors (Lipinski definition) is 15. The predicted molar refractivity (Wildman–Crippen MR) is 315 cm³/mol. The van der Waals surface area contributed by atoms with Gasteiger partial charge in [-0.15, -0.1) is 0 Å². The number of carbonyl (C=O) groups excluding carboxylic acids is 9. The molecule has 9 amide bonds. The van der Waals surface area contributed by atoms with E-state index < -0.39 is 126 Å². The molecule has 9 atom stereocenters. The maximum Gasteiger partial charge on any atom is 0.326 e. The van der Waals surface area contributed by atoms with Crippen molar-refractivity contribution in [3.63, 3.8) is 0 Å². The molecular weight excluding hydrogens is 1130 g/mol. The Morgan fingerprint density at radius 3 is 1.98 bits per heavy atom. The Labute approximate surface area is 502 Å². The van der Waals surface area contributed by atoms with Gasteiger partial charge >= 0.3 is 5.97 Å². The molecule has 29 nitrogen and oxygen atoms in total. The Kier molecular flexibility index (Phi) is 24.1. The highest BCUT2D eigenvalue weighted by molar-refractivity contribution is 5.99. The number of aromatic hydroxyl groups is 1. The number of guanidine groups is 1. The number of imidazole rings is 1. The SMILES string of the molecule is CC(C)C[C@H](NC(=O)[C@@H](COC(C)(C)C)NC(=O)[C@H](Cc1ccc(O)cc1)NC(=O)[C@H](CO)NC(=O)[C@H](Cc1c[nH]c2ccccc12)NC(=O)[C@H](Cc1c[nH]cn1)NC(=O)[C@@H]1CCC(=O)N1)C(=O)N[C@@H](CCCNC(=N)N)C(=O)N1CCC[C@H]1C(=O)O. The molecule has 2 saturated heterocycles. The van der Waals surface area contributed by atoms with E-state index in [1.807, 2.05) is 0 Å². The number of aliphatic hydroxyl groups excluding tert-OH is 1. The number of nitrogens with zero attached hydrogens (tertiary/aromatic N) is 2. The van der Waals surface area contributed by atoms with Gasteiger partial charge in [0.25, 0.3) is 0 Å².